The molecule has 36 heavy (non-hydrogen) atoms. The van der Waals surface area contributed by atoms with Crippen LogP contribution in [-0.2, 0) is 13.1 Å². The summed E-state index contributed by atoms with van der Waals surface area (Å²) in [6.45, 7) is 2.37. The van der Waals surface area contributed by atoms with Gasteiger partial charge in [-0.2, -0.15) is 5.10 Å². The highest BCUT2D eigenvalue weighted by Crippen LogP contribution is 2.40. The maximum Gasteiger partial charge on any atom is 0.283 e. The van der Waals surface area contributed by atoms with E-state index in [1.807, 2.05) is 6.92 Å². The van der Waals surface area contributed by atoms with E-state index in [4.69, 9.17) is 16.2 Å². The van der Waals surface area contributed by atoms with Crippen LogP contribution < -0.4 is 21.5 Å². The van der Waals surface area contributed by atoms with Crippen LogP contribution in [0.1, 0.15) is 34.5 Å². The van der Waals surface area contributed by atoms with Crippen LogP contribution in [-0.4, -0.2) is 53.3 Å². The SMILES string of the molecule is CCN1CC(n2nc(-c3ccc(CNC(=O)c4cc(F)ccc4OC)cc3)c(CN)c2N)C(F)(F)C1. The Morgan fingerprint density at radius 3 is 2.58 bits per heavy atom. The van der Waals surface area contributed by atoms with Gasteiger partial charge in [-0.15, -0.1) is 0 Å². The third-order valence-corrected chi connectivity index (χ3v) is 6.44. The summed E-state index contributed by atoms with van der Waals surface area (Å²) in [7, 11) is 1.40. The highest BCUT2D eigenvalue weighted by molar-refractivity contribution is 5.96. The Balaban J connectivity index is 1.52. The van der Waals surface area contributed by atoms with Crippen LogP contribution in [0.15, 0.2) is 42.5 Å². The molecule has 2 aromatic carbocycles. The number of anilines is 1. The first-order valence-corrected chi connectivity index (χ1v) is 11.6. The molecule has 0 radical (unpaired) electrons. The predicted octanol–water partition coefficient (Wildman–Crippen LogP) is 3.18. The number of methoxy groups -OCH3 is 1. The Morgan fingerprint density at radius 2 is 1.97 bits per heavy atom. The summed E-state index contributed by atoms with van der Waals surface area (Å²) in [4.78, 5) is 14.2. The second-order valence-electron chi connectivity index (χ2n) is 8.69. The van der Waals surface area contributed by atoms with Crippen molar-refractivity contribution in [3.05, 3.63) is 65.0 Å². The summed E-state index contributed by atoms with van der Waals surface area (Å²) in [5, 5.41) is 7.19. The number of nitrogens with one attached hydrogen (secondary N) is 1. The lowest BCUT2D eigenvalue weighted by Crippen LogP contribution is -2.31. The second kappa shape index (κ2) is 10.2. The molecule has 8 nitrogen and oxygen atoms in total. The van der Waals surface area contributed by atoms with E-state index in [0.29, 0.717) is 23.4 Å². The van der Waals surface area contributed by atoms with Gasteiger partial charge in [0.15, 0.2) is 0 Å². The van der Waals surface area contributed by atoms with E-state index in [0.717, 1.165) is 11.6 Å². The molecule has 1 amide bonds. The van der Waals surface area contributed by atoms with Crippen LogP contribution >= 0.6 is 0 Å². The molecule has 1 unspecified atom stereocenters. The summed E-state index contributed by atoms with van der Waals surface area (Å²) in [5.74, 6) is -3.59. The molecule has 1 aromatic heterocycles. The fourth-order valence-electron chi connectivity index (χ4n) is 4.41. The van der Waals surface area contributed by atoms with Crippen LogP contribution in [0.3, 0.4) is 0 Å². The number of aromatic nitrogens is 2. The molecule has 1 fully saturated rings. The molecule has 4 rings (SSSR count). The zero-order valence-electron chi connectivity index (χ0n) is 20.1. The first kappa shape index (κ1) is 25.5. The molecule has 1 aliphatic heterocycles. The second-order valence-corrected chi connectivity index (χ2v) is 8.69. The molecule has 1 aliphatic rings. The lowest BCUT2D eigenvalue weighted by molar-refractivity contribution is -0.0241. The number of nitrogens with two attached hydrogens (primary N) is 2. The highest BCUT2D eigenvalue weighted by Gasteiger charge is 2.50. The van der Waals surface area contributed by atoms with Crippen molar-refractivity contribution in [2.45, 2.75) is 32.0 Å². The van der Waals surface area contributed by atoms with Gasteiger partial charge in [-0.25, -0.2) is 17.9 Å². The summed E-state index contributed by atoms with van der Waals surface area (Å²) in [6, 6.07) is 9.62. The van der Waals surface area contributed by atoms with Crippen LogP contribution in [0.2, 0.25) is 0 Å². The maximum atomic E-state index is 14.7. The van der Waals surface area contributed by atoms with Gasteiger partial charge in [-0.05, 0) is 30.3 Å². The van der Waals surface area contributed by atoms with Crippen molar-refractivity contribution < 1.29 is 22.7 Å². The standard InChI is InChI=1S/C25H29F3N6O2/c1-3-33-13-21(25(27,28)14-33)34-23(30)19(11-29)22(32-34)16-6-4-15(5-7-16)12-31-24(35)18-10-17(26)8-9-20(18)36-2/h4-10,21H,3,11-14,29-30H2,1-2H3,(H,31,35). The molecule has 192 valence electrons. The van der Waals surface area contributed by atoms with Gasteiger partial charge in [0, 0.05) is 30.8 Å². The zero-order valence-corrected chi connectivity index (χ0v) is 20.1. The number of hydrogen-bond acceptors (Lipinski definition) is 6. The van der Waals surface area contributed by atoms with E-state index in [2.05, 4.69) is 10.4 Å². The van der Waals surface area contributed by atoms with Gasteiger partial charge in [-0.3, -0.25) is 9.69 Å². The summed E-state index contributed by atoms with van der Waals surface area (Å²) < 4.78 is 49.3. The Morgan fingerprint density at radius 1 is 1.25 bits per heavy atom. The average Bonchev–Trinajstić information content (AvgIpc) is 3.37. The van der Waals surface area contributed by atoms with Gasteiger partial charge in [0.2, 0.25) is 0 Å². The number of hydrogen-bond donors (Lipinski definition) is 3. The van der Waals surface area contributed by atoms with Crippen LogP contribution in [0.25, 0.3) is 11.3 Å². The molecule has 1 saturated heterocycles. The number of benzene rings is 2. The Labute approximate surface area is 207 Å². The number of nitrogen functional groups attached to an aromatic ring is 1. The van der Waals surface area contributed by atoms with Gasteiger partial charge in [0.1, 0.15) is 23.4 Å². The number of alkyl halides is 2. The van der Waals surface area contributed by atoms with E-state index in [9.17, 15) is 18.0 Å². The molecule has 2 heterocycles. The summed E-state index contributed by atoms with van der Waals surface area (Å²) in [5.41, 5.74) is 14.6. The molecule has 0 aliphatic carbocycles. The van der Waals surface area contributed by atoms with Crippen molar-refractivity contribution >= 4 is 11.7 Å². The molecular weight excluding hydrogens is 473 g/mol. The fourth-order valence-corrected chi connectivity index (χ4v) is 4.41. The summed E-state index contributed by atoms with van der Waals surface area (Å²) >= 11 is 0. The maximum absolute atomic E-state index is 14.7. The minimum Gasteiger partial charge on any atom is -0.496 e. The number of nitrogens with zero attached hydrogens (tertiary/aromatic N) is 3. The predicted molar refractivity (Wildman–Crippen MR) is 130 cm³/mol. The van der Waals surface area contributed by atoms with Gasteiger partial charge in [-0.1, -0.05) is 31.2 Å². The van der Waals surface area contributed by atoms with E-state index in [1.165, 1.54) is 23.9 Å². The molecule has 0 spiro atoms. The number of likely N-dealkylation sites (N-methyl/N-ethyl adjacent to an activating group) is 1. The molecule has 0 bridgehead atoms. The Hall–Kier alpha value is -3.57. The first-order valence-electron chi connectivity index (χ1n) is 11.6. The van der Waals surface area contributed by atoms with Crippen molar-refractivity contribution in [1.29, 1.82) is 0 Å². The number of ether oxygens (including phenoxy) is 1. The molecule has 11 heteroatoms. The quantitative estimate of drug-likeness (QED) is 0.436. The first-order chi connectivity index (χ1) is 17.2. The Bertz CT molecular complexity index is 1250. The lowest BCUT2D eigenvalue weighted by atomic mass is 10.1. The average molecular weight is 503 g/mol. The molecular formula is C25H29F3N6O2. The van der Waals surface area contributed by atoms with Gasteiger partial charge >= 0.3 is 0 Å². The number of carbonyl (C=O) groups is 1. The third-order valence-electron chi connectivity index (χ3n) is 6.44. The third kappa shape index (κ3) is 4.89. The zero-order chi connectivity index (χ0) is 26.0. The van der Waals surface area contributed by atoms with Gasteiger partial charge in [0.05, 0.1) is 24.9 Å². The van der Waals surface area contributed by atoms with Gasteiger partial charge in [0.25, 0.3) is 11.8 Å². The minimum atomic E-state index is -2.97. The van der Waals surface area contributed by atoms with Crippen molar-refractivity contribution in [2.75, 3.05) is 32.5 Å². The van der Waals surface area contributed by atoms with Crippen molar-refractivity contribution in [1.82, 2.24) is 20.0 Å². The number of carbonyl (C=O) groups excluding carboxylic acids is 1. The van der Waals surface area contributed by atoms with Crippen LogP contribution in [0.5, 0.6) is 5.75 Å². The monoisotopic (exact) mass is 502 g/mol. The fraction of sp³-hybridized carbons (Fsp3) is 0.360. The van der Waals surface area contributed by atoms with Crippen molar-refractivity contribution in [3.63, 3.8) is 0 Å². The molecule has 1 atom stereocenters. The van der Waals surface area contributed by atoms with E-state index < -0.39 is 23.7 Å². The highest BCUT2D eigenvalue weighted by atomic mass is 19.3. The molecule has 5 N–H and O–H groups in total. The van der Waals surface area contributed by atoms with E-state index in [-0.39, 0.29) is 43.3 Å². The van der Waals surface area contributed by atoms with E-state index >= 15 is 0 Å². The van der Waals surface area contributed by atoms with E-state index in [1.54, 1.807) is 29.2 Å². The smallest absolute Gasteiger partial charge is 0.283 e. The summed E-state index contributed by atoms with van der Waals surface area (Å²) in [6.07, 6.45) is 0. The number of likely N-dealkylation sites (tertiary alicyclic amines) is 1. The number of amides is 1. The topological polar surface area (TPSA) is 111 Å². The number of halogens is 3. The Kier molecular flexibility index (Phi) is 7.23. The van der Waals surface area contributed by atoms with Crippen LogP contribution in [0.4, 0.5) is 19.0 Å². The van der Waals surface area contributed by atoms with Crippen molar-refractivity contribution in [2.24, 2.45) is 5.73 Å². The lowest BCUT2D eigenvalue weighted by Gasteiger charge is -2.19. The minimum absolute atomic E-state index is 0.0459. The molecule has 0 saturated carbocycles. The van der Waals surface area contributed by atoms with Crippen molar-refractivity contribution in [3.8, 4) is 17.0 Å². The number of rotatable bonds is 8. The normalized spacial score (nSPS) is 17.3. The van der Waals surface area contributed by atoms with Crippen LogP contribution in [0, 0.1) is 5.82 Å². The largest absolute Gasteiger partial charge is 0.496 e. The van der Waals surface area contributed by atoms with Gasteiger partial charge < -0.3 is 21.5 Å². The molecule has 3 aromatic rings.